The van der Waals surface area contributed by atoms with E-state index < -0.39 is 0 Å². The van der Waals surface area contributed by atoms with Gasteiger partial charge in [0.05, 0.1) is 11.4 Å². The van der Waals surface area contributed by atoms with Gasteiger partial charge >= 0.3 is 0 Å². The summed E-state index contributed by atoms with van der Waals surface area (Å²) in [5, 5.41) is 8.64. The van der Waals surface area contributed by atoms with Crippen molar-refractivity contribution in [2.75, 3.05) is 19.0 Å². The Morgan fingerprint density at radius 3 is 2.20 bits per heavy atom. The summed E-state index contributed by atoms with van der Waals surface area (Å²) in [7, 11) is 4.07. The van der Waals surface area contributed by atoms with Gasteiger partial charge in [-0.25, -0.2) is 0 Å². The number of azo groups is 1. The van der Waals surface area contributed by atoms with Crippen LogP contribution in [0.15, 0.2) is 52.7 Å². The minimum atomic E-state index is 0.887. The molecule has 0 unspecified atom stereocenters. The van der Waals surface area contributed by atoms with Crippen LogP contribution in [0.5, 0.6) is 0 Å². The topological polar surface area (TPSA) is 28.0 Å². The van der Waals surface area contributed by atoms with Crippen LogP contribution in [0.1, 0.15) is 18.1 Å². The molecule has 0 fully saturated rings. The Morgan fingerprint density at radius 2 is 1.65 bits per heavy atom. The third kappa shape index (κ3) is 3.44. The first-order chi connectivity index (χ1) is 9.60. The maximum atomic E-state index is 4.34. The molecule has 0 aliphatic rings. The molecular weight excluding hydrogens is 246 g/mol. The van der Waals surface area contributed by atoms with E-state index in [2.05, 4.69) is 53.2 Å². The zero-order valence-corrected chi connectivity index (χ0v) is 12.6. The molecule has 2 rings (SSSR count). The normalized spacial score (nSPS) is 11.0. The lowest BCUT2D eigenvalue weighted by Gasteiger charge is -2.13. The van der Waals surface area contributed by atoms with Crippen LogP contribution in [-0.4, -0.2) is 14.1 Å². The largest absolute Gasteiger partial charge is 0.378 e. The highest BCUT2D eigenvalue weighted by molar-refractivity contribution is 5.57. The van der Waals surface area contributed by atoms with Crippen molar-refractivity contribution in [2.24, 2.45) is 10.2 Å². The van der Waals surface area contributed by atoms with E-state index in [-0.39, 0.29) is 0 Å². The van der Waals surface area contributed by atoms with Crippen molar-refractivity contribution in [1.29, 1.82) is 0 Å². The van der Waals surface area contributed by atoms with Gasteiger partial charge in [-0.3, -0.25) is 0 Å². The van der Waals surface area contributed by atoms with Gasteiger partial charge < -0.3 is 4.90 Å². The molecular formula is C17H21N3. The Bertz CT molecular complexity index is 598. The smallest absolute Gasteiger partial charge is 0.0887 e. The molecule has 2 aromatic rings. The van der Waals surface area contributed by atoms with Gasteiger partial charge in [0.15, 0.2) is 0 Å². The monoisotopic (exact) mass is 267 g/mol. The maximum Gasteiger partial charge on any atom is 0.0887 e. The quantitative estimate of drug-likeness (QED) is 0.713. The molecule has 0 saturated carbocycles. The van der Waals surface area contributed by atoms with E-state index in [0.717, 1.165) is 23.4 Å². The summed E-state index contributed by atoms with van der Waals surface area (Å²) in [4.78, 5) is 2.08. The molecule has 0 N–H and O–H groups in total. The standard InChI is InChI=1S/C17H21N3/c1-5-14-6-8-15(9-7-14)18-19-17-11-10-16(20(3)4)12-13(17)2/h6-12H,5H2,1-4H3. The van der Waals surface area contributed by atoms with Crippen LogP contribution in [0, 0.1) is 6.92 Å². The highest BCUT2D eigenvalue weighted by Gasteiger charge is 2.00. The average molecular weight is 267 g/mol. The number of aryl methyl sites for hydroxylation is 2. The number of anilines is 1. The maximum absolute atomic E-state index is 4.34. The van der Waals surface area contributed by atoms with E-state index in [1.165, 1.54) is 11.3 Å². The Labute approximate surface area is 121 Å². The first-order valence-electron chi connectivity index (χ1n) is 6.89. The SMILES string of the molecule is CCc1ccc(N=Nc2ccc(N(C)C)cc2C)cc1. The summed E-state index contributed by atoms with van der Waals surface area (Å²) in [6, 6.07) is 14.4. The average Bonchev–Trinajstić information content (AvgIpc) is 2.46. The molecule has 0 radical (unpaired) electrons. The second kappa shape index (κ2) is 6.33. The first kappa shape index (κ1) is 14.3. The lowest BCUT2D eigenvalue weighted by atomic mass is 10.1. The zero-order chi connectivity index (χ0) is 14.5. The summed E-state index contributed by atoms with van der Waals surface area (Å²) >= 11 is 0. The van der Waals surface area contributed by atoms with Crippen molar-refractivity contribution in [2.45, 2.75) is 20.3 Å². The van der Waals surface area contributed by atoms with Crippen LogP contribution in [0.2, 0.25) is 0 Å². The number of benzene rings is 2. The van der Waals surface area contributed by atoms with Crippen molar-refractivity contribution >= 4 is 17.1 Å². The molecule has 0 amide bonds. The van der Waals surface area contributed by atoms with Gasteiger partial charge in [-0.05, 0) is 54.8 Å². The van der Waals surface area contributed by atoms with Crippen LogP contribution in [0.3, 0.4) is 0 Å². The molecule has 0 bridgehead atoms. The van der Waals surface area contributed by atoms with Gasteiger partial charge in [0.2, 0.25) is 0 Å². The van der Waals surface area contributed by atoms with Crippen LogP contribution < -0.4 is 4.90 Å². The number of hydrogen-bond acceptors (Lipinski definition) is 3. The summed E-state index contributed by atoms with van der Waals surface area (Å²) in [6.45, 7) is 4.20. The van der Waals surface area contributed by atoms with Crippen LogP contribution in [-0.2, 0) is 6.42 Å². The third-order valence-corrected chi connectivity index (χ3v) is 3.31. The van der Waals surface area contributed by atoms with Crippen LogP contribution >= 0.6 is 0 Å². The van der Waals surface area contributed by atoms with Crippen molar-refractivity contribution in [3.8, 4) is 0 Å². The van der Waals surface area contributed by atoms with E-state index in [1.807, 2.05) is 32.3 Å². The summed E-state index contributed by atoms with van der Waals surface area (Å²) in [6.07, 6.45) is 1.04. The second-order valence-electron chi connectivity index (χ2n) is 5.09. The Balaban J connectivity index is 2.18. The Hall–Kier alpha value is -2.16. The van der Waals surface area contributed by atoms with Gasteiger partial charge in [-0.1, -0.05) is 19.1 Å². The number of rotatable bonds is 4. The van der Waals surface area contributed by atoms with E-state index >= 15 is 0 Å². The Kier molecular flexibility index (Phi) is 4.51. The predicted octanol–water partition coefficient (Wildman–Crippen LogP) is 5.04. The van der Waals surface area contributed by atoms with Gasteiger partial charge in [-0.2, -0.15) is 10.2 Å². The van der Waals surface area contributed by atoms with Gasteiger partial charge in [0.25, 0.3) is 0 Å². The van der Waals surface area contributed by atoms with Crippen LogP contribution in [0.4, 0.5) is 17.1 Å². The molecule has 104 valence electrons. The minimum absolute atomic E-state index is 0.887. The summed E-state index contributed by atoms with van der Waals surface area (Å²) < 4.78 is 0. The van der Waals surface area contributed by atoms with Gasteiger partial charge in [0.1, 0.15) is 0 Å². The van der Waals surface area contributed by atoms with E-state index in [1.54, 1.807) is 0 Å². The predicted molar refractivity (Wildman–Crippen MR) is 85.5 cm³/mol. The van der Waals surface area contributed by atoms with Gasteiger partial charge in [-0.15, -0.1) is 0 Å². The molecule has 0 atom stereocenters. The first-order valence-corrected chi connectivity index (χ1v) is 6.89. The fraction of sp³-hybridized carbons (Fsp3) is 0.294. The highest BCUT2D eigenvalue weighted by atomic mass is 15.1. The third-order valence-electron chi connectivity index (χ3n) is 3.31. The van der Waals surface area contributed by atoms with Gasteiger partial charge in [0, 0.05) is 19.8 Å². The number of nitrogens with zero attached hydrogens (tertiary/aromatic N) is 3. The molecule has 3 nitrogen and oxygen atoms in total. The number of hydrogen-bond donors (Lipinski definition) is 0. The lowest BCUT2D eigenvalue weighted by molar-refractivity contribution is 1.12. The molecule has 0 aromatic heterocycles. The van der Waals surface area contributed by atoms with Crippen molar-refractivity contribution in [3.05, 3.63) is 53.6 Å². The molecule has 2 aromatic carbocycles. The fourth-order valence-corrected chi connectivity index (χ4v) is 1.94. The Morgan fingerprint density at radius 1 is 0.950 bits per heavy atom. The molecule has 0 aliphatic carbocycles. The van der Waals surface area contributed by atoms with E-state index in [9.17, 15) is 0 Å². The molecule has 3 heteroatoms. The molecule has 20 heavy (non-hydrogen) atoms. The molecule has 0 aliphatic heterocycles. The highest BCUT2D eigenvalue weighted by Crippen LogP contribution is 2.25. The molecule has 0 saturated heterocycles. The zero-order valence-electron chi connectivity index (χ0n) is 12.6. The van der Waals surface area contributed by atoms with Crippen molar-refractivity contribution in [1.82, 2.24) is 0 Å². The van der Waals surface area contributed by atoms with E-state index in [4.69, 9.17) is 0 Å². The van der Waals surface area contributed by atoms with Crippen molar-refractivity contribution < 1.29 is 0 Å². The minimum Gasteiger partial charge on any atom is -0.378 e. The summed E-state index contributed by atoms with van der Waals surface area (Å²) in [5.74, 6) is 0. The van der Waals surface area contributed by atoms with E-state index in [0.29, 0.717) is 0 Å². The molecule has 0 spiro atoms. The lowest BCUT2D eigenvalue weighted by Crippen LogP contribution is -2.08. The fourth-order valence-electron chi connectivity index (χ4n) is 1.94. The van der Waals surface area contributed by atoms with Crippen molar-refractivity contribution in [3.63, 3.8) is 0 Å². The molecule has 0 heterocycles. The summed E-state index contributed by atoms with van der Waals surface area (Å²) in [5.41, 5.74) is 5.42. The second-order valence-corrected chi connectivity index (χ2v) is 5.09. The van der Waals surface area contributed by atoms with Crippen LogP contribution in [0.25, 0.3) is 0 Å².